The molecule has 1 aromatic heterocycles. The minimum atomic E-state index is -0.286. The first-order valence-electron chi connectivity index (χ1n) is 14.2. The maximum absolute atomic E-state index is 13.1. The third-order valence-electron chi connectivity index (χ3n) is 9.53. The first kappa shape index (κ1) is 23.9. The minimum absolute atomic E-state index is 0.00460. The molecule has 192 valence electrons. The Morgan fingerprint density at radius 2 is 1.63 bits per heavy atom. The van der Waals surface area contributed by atoms with Crippen molar-refractivity contribution in [2.45, 2.75) is 77.2 Å². The highest BCUT2D eigenvalue weighted by Crippen LogP contribution is 2.55. The molecule has 1 N–H and O–H groups in total. The molecule has 0 aromatic carbocycles. The number of hydrogen-bond donors (Lipinski definition) is 1. The van der Waals surface area contributed by atoms with E-state index in [4.69, 9.17) is 4.74 Å². The van der Waals surface area contributed by atoms with Crippen molar-refractivity contribution in [2.24, 2.45) is 23.7 Å². The van der Waals surface area contributed by atoms with Crippen molar-refractivity contribution in [2.75, 3.05) is 44.6 Å². The van der Waals surface area contributed by atoms with Gasteiger partial charge in [-0.05, 0) is 93.9 Å². The largest absolute Gasteiger partial charge is 0.462 e. The van der Waals surface area contributed by atoms with Gasteiger partial charge in [0.05, 0.1) is 18.7 Å². The fraction of sp³-hybridized carbons (Fsp3) is 0.786. The summed E-state index contributed by atoms with van der Waals surface area (Å²) in [6, 6.07) is 0.799. The molecular weight excluding hydrogens is 458 g/mol. The van der Waals surface area contributed by atoms with Crippen molar-refractivity contribution in [3.05, 3.63) is 16.0 Å². The van der Waals surface area contributed by atoms with Crippen molar-refractivity contribution in [3.63, 3.8) is 0 Å². The second kappa shape index (κ2) is 10.1. The monoisotopic (exact) mass is 499 g/mol. The number of hydrogen-bond acceptors (Lipinski definition) is 6. The van der Waals surface area contributed by atoms with Crippen LogP contribution in [0.3, 0.4) is 0 Å². The number of amides is 1. The lowest BCUT2D eigenvalue weighted by Crippen LogP contribution is -2.60. The summed E-state index contributed by atoms with van der Waals surface area (Å²) in [4.78, 5) is 32.2. The number of nitrogens with one attached hydrogen (secondary N) is 1. The molecule has 6 nitrogen and oxygen atoms in total. The molecule has 4 saturated carbocycles. The van der Waals surface area contributed by atoms with Gasteiger partial charge in [-0.1, -0.05) is 6.42 Å². The second-order valence-corrected chi connectivity index (χ2v) is 12.9. The highest BCUT2D eigenvalue weighted by molar-refractivity contribution is 7.17. The van der Waals surface area contributed by atoms with Gasteiger partial charge in [-0.3, -0.25) is 14.6 Å². The van der Waals surface area contributed by atoms with Crippen molar-refractivity contribution >= 4 is 28.2 Å². The minimum Gasteiger partial charge on any atom is -0.462 e. The molecule has 2 heterocycles. The Balaban J connectivity index is 1.06. The lowest BCUT2D eigenvalue weighted by atomic mass is 9.54. The summed E-state index contributed by atoms with van der Waals surface area (Å²) in [5, 5.41) is 3.82. The Morgan fingerprint density at radius 1 is 0.943 bits per heavy atom. The predicted molar refractivity (Wildman–Crippen MR) is 139 cm³/mol. The van der Waals surface area contributed by atoms with E-state index in [1.807, 2.05) is 6.92 Å². The average molecular weight is 500 g/mol. The van der Waals surface area contributed by atoms with Crippen molar-refractivity contribution < 1.29 is 14.3 Å². The Bertz CT molecular complexity index is 923. The molecule has 5 fully saturated rings. The number of fused-ring (bicyclic) bond motifs is 1. The zero-order chi connectivity index (χ0) is 23.9. The Labute approximate surface area is 213 Å². The van der Waals surface area contributed by atoms with E-state index in [-0.39, 0.29) is 11.9 Å². The third-order valence-corrected chi connectivity index (χ3v) is 10.7. The van der Waals surface area contributed by atoms with Crippen LogP contribution in [0.4, 0.5) is 5.00 Å². The van der Waals surface area contributed by atoms with Crippen LogP contribution in [-0.2, 0) is 22.4 Å². The van der Waals surface area contributed by atoms with Gasteiger partial charge >= 0.3 is 5.97 Å². The Morgan fingerprint density at radius 3 is 2.31 bits per heavy atom. The first-order chi connectivity index (χ1) is 17.1. The summed E-state index contributed by atoms with van der Waals surface area (Å²) in [5.74, 6) is 3.60. The van der Waals surface area contributed by atoms with Crippen LogP contribution < -0.4 is 5.32 Å². The van der Waals surface area contributed by atoms with Gasteiger partial charge < -0.3 is 10.1 Å². The van der Waals surface area contributed by atoms with Gasteiger partial charge in [0, 0.05) is 37.1 Å². The smallest absolute Gasteiger partial charge is 0.341 e. The molecule has 5 aliphatic carbocycles. The van der Waals surface area contributed by atoms with Crippen LogP contribution in [0.1, 0.15) is 79.1 Å². The van der Waals surface area contributed by atoms with Gasteiger partial charge in [0.25, 0.3) is 0 Å². The molecule has 0 unspecified atom stereocenters. The van der Waals surface area contributed by atoms with E-state index in [0.29, 0.717) is 23.7 Å². The summed E-state index contributed by atoms with van der Waals surface area (Å²) in [7, 11) is 0. The van der Waals surface area contributed by atoms with Crippen LogP contribution in [-0.4, -0.2) is 67.0 Å². The summed E-state index contributed by atoms with van der Waals surface area (Å²) < 4.78 is 5.38. The number of thiophene rings is 1. The SMILES string of the molecule is CCOC(=O)c1c(NC(=O)CN2CCN(C3C4CC5CC(C4)CC3C5)CC2)sc2c1CCCCC2. The number of anilines is 1. The molecule has 0 radical (unpaired) electrons. The van der Waals surface area contributed by atoms with E-state index in [9.17, 15) is 9.59 Å². The van der Waals surface area contributed by atoms with Gasteiger partial charge in [-0.15, -0.1) is 11.3 Å². The number of carbonyl (C=O) groups excluding carboxylic acids is 2. The zero-order valence-electron chi connectivity index (χ0n) is 21.2. The number of ether oxygens (including phenoxy) is 1. The van der Waals surface area contributed by atoms with E-state index < -0.39 is 0 Å². The molecule has 4 bridgehead atoms. The van der Waals surface area contributed by atoms with E-state index in [1.54, 1.807) is 11.3 Å². The molecule has 1 saturated heterocycles. The van der Waals surface area contributed by atoms with Crippen molar-refractivity contribution in [1.29, 1.82) is 0 Å². The van der Waals surface area contributed by atoms with Gasteiger partial charge in [0.15, 0.2) is 0 Å². The molecular formula is C28H41N3O3S. The van der Waals surface area contributed by atoms with E-state index >= 15 is 0 Å². The molecule has 0 spiro atoms. The molecule has 7 heteroatoms. The normalized spacial score (nSPS) is 32.8. The topological polar surface area (TPSA) is 61.9 Å². The molecule has 0 atom stereocenters. The quantitative estimate of drug-likeness (QED) is 0.459. The fourth-order valence-electron chi connectivity index (χ4n) is 8.33. The highest BCUT2D eigenvalue weighted by Gasteiger charge is 2.50. The summed E-state index contributed by atoms with van der Waals surface area (Å²) >= 11 is 1.59. The number of aryl methyl sites for hydroxylation is 1. The van der Waals surface area contributed by atoms with Crippen LogP contribution in [0.2, 0.25) is 0 Å². The second-order valence-electron chi connectivity index (χ2n) is 11.8. The number of carbonyl (C=O) groups is 2. The first-order valence-corrected chi connectivity index (χ1v) is 15.0. The summed E-state index contributed by atoms with van der Waals surface area (Å²) in [5.41, 5.74) is 1.74. The average Bonchev–Trinajstić information content (AvgIpc) is 2.99. The Kier molecular flexibility index (Phi) is 6.93. The lowest BCUT2D eigenvalue weighted by Gasteiger charge is -2.58. The standard InChI is InChI=1S/C28H41N3O3S/c1-2-34-28(33)25-22-6-4-3-5-7-23(22)35-27(25)29-24(32)17-30-8-10-31(11-9-30)26-20-13-18-12-19(15-20)16-21(26)14-18/h18-21,26H,2-17H2,1H3,(H,29,32). The van der Waals surface area contributed by atoms with Gasteiger partial charge in [-0.2, -0.15) is 0 Å². The molecule has 1 aromatic rings. The van der Waals surface area contributed by atoms with Crippen molar-refractivity contribution in [3.8, 4) is 0 Å². The Hall–Kier alpha value is -1.44. The van der Waals surface area contributed by atoms with Crippen LogP contribution >= 0.6 is 11.3 Å². The van der Waals surface area contributed by atoms with Gasteiger partial charge in [0.2, 0.25) is 5.91 Å². The predicted octanol–water partition coefficient (Wildman–Crippen LogP) is 4.57. The lowest BCUT2D eigenvalue weighted by molar-refractivity contribution is -0.118. The number of esters is 1. The van der Waals surface area contributed by atoms with E-state index in [2.05, 4.69) is 15.1 Å². The maximum Gasteiger partial charge on any atom is 0.341 e. The van der Waals surface area contributed by atoms with Crippen LogP contribution in [0.25, 0.3) is 0 Å². The van der Waals surface area contributed by atoms with E-state index in [1.165, 1.54) is 43.4 Å². The van der Waals surface area contributed by atoms with Gasteiger partial charge in [-0.25, -0.2) is 4.79 Å². The van der Waals surface area contributed by atoms with Crippen LogP contribution in [0.15, 0.2) is 0 Å². The zero-order valence-corrected chi connectivity index (χ0v) is 22.0. The van der Waals surface area contributed by atoms with E-state index in [0.717, 1.165) is 87.1 Å². The number of nitrogens with zero attached hydrogens (tertiary/aromatic N) is 2. The number of piperazine rings is 1. The third kappa shape index (κ3) is 4.80. The summed E-state index contributed by atoms with van der Waals surface area (Å²) in [6.07, 6.45) is 12.7. The molecule has 7 rings (SSSR count). The molecule has 1 aliphatic heterocycles. The summed E-state index contributed by atoms with van der Waals surface area (Å²) in [6.45, 7) is 6.68. The van der Waals surface area contributed by atoms with Crippen molar-refractivity contribution in [1.82, 2.24) is 9.80 Å². The van der Waals surface area contributed by atoms with Gasteiger partial charge in [0.1, 0.15) is 5.00 Å². The van der Waals surface area contributed by atoms with Crippen LogP contribution in [0.5, 0.6) is 0 Å². The van der Waals surface area contributed by atoms with Crippen LogP contribution in [0, 0.1) is 23.7 Å². The highest BCUT2D eigenvalue weighted by atomic mass is 32.1. The maximum atomic E-state index is 13.1. The molecule has 1 amide bonds. The molecule has 6 aliphatic rings. The fourth-order valence-corrected chi connectivity index (χ4v) is 9.63. The molecule has 35 heavy (non-hydrogen) atoms. The number of rotatable bonds is 6.